The molecule has 0 N–H and O–H groups in total. The number of thiocarbonyl (C=S) groups is 1. The van der Waals surface area contributed by atoms with Crippen LogP contribution in [0.1, 0.15) is 0 Å². The maximum atomic E-state index is 10.7. The largest absolute Gasteiger partial charge is 0.283 e. The lowest BCUT2D eigenvalue weighted by Gasteiger charge is -2.07. The third-order valence-electron chi connectivity index (χ3n) is 0.960. The lowest BCUT2D eigenvalue weighted by molar-refractivity contribution is -0.123. The molecule has 9 heavy (non-hydrogen) atoms. The first-order valence-corrected chi connectivity index (χ1v) is 4.21. The highest BCUT2D eigenvalue weighted by Gasteiger charge is 2.24. The third kappa shape index (κ3) is 1.36. The number of carbonyl (C=O) groups excluding carboxylic acids is 1. The molecule has 1 heterocycles. The molecule has 0 bridgehead atoms. The fourth-order valence-electron chi connectivity index (χ4n) is 0.497. The number of rotatable bonds is 1. The van der Waals surface area contributed by atoms with Gasteiger partial charge < -0.3 is 0 Å². The lowest BCUT2D eigenvalue weighted by Crippen LogP contribution is -2.26. The lowest BCUT2D eigenvalue weighted by atomic mass is 10.6. The summed E-state index contributed by atoms with van der Waals surface area (Å²) in [6.45, 7) is 0. The first-order chi connectivity index (χ1) is 4.25. The van der Waals surface area contributed by atoms with Crippen molar-refractivity contribution in [2.24, 2.45) is 0 Å². The molecular formula is C4H4ClNOS2. The minimum absolute atomic E-state index is 0.0139. The topological polar surface area (TPSA) is 20.3 Å². The van der Waals surface area contributed by atoms with E-state index in [2.05, 4.69) is 0 Å². The van der Waals surface area contributed by atoms with Gasteiger partial charge in [-0.3, -0.25) is 9.69 Å². The molecule has 0 aliphatic carbocycles. The molecule has 0 saturated carbocycles. The Kier molecular flexibility index (Phi) is 2.32. The van der Waals surface area contributed by atoms with Gasteiger partial charge in [-0.25, -0.2) is 0 Å². The Morgan fingerprint density at radius 3 is 2.78 bits per heavy atom. The van der Waals surface area contributed by atoms with Crippen LogP contribution in [-0.2, 0) is 4.79 Å². The van der Waals surface area contributed by atoms with Crippen LogP contribution < -0.4 is 0 Å². The first-order valence-electron chi connectivity index (χ1n) is 2.29. The second-order valence-electron chi connectivity index (χ2n) is 1.50. The van der Waals surface area contributed by atoms with Crippen molar-refractivity contribution in [2.75, 3.05) is 11.8 Å². The first kappa shape index (κ1) is 7.31. The van der Waals surface area contributed by atoms with Crippen molar-refractivity contribution in [2.45, 2.75) is 0 Å². The fourth-order valence-corrected chi connectivity index (χ4v) is 1.96. The molecule has 1 aliphatic rings. The molecule has 0 unspecified atom stereocenters. The molecule has 1 rings (SSSR count). The zero-order chi connectivity index (χ0) is 6.85. The highest BCUT2D eigenvalue weighted by Crippen LogP contribution is 2.18. The Bertz CT molecular complexity index is 145. The molecule has 0 aromatic rings. The predicted molar refractivity (Wildman–Crippen MR) is 42.6 cm³/mol. The molecule has 1 saturated heterocycles. The van der Waals surface area contributed by atoms with Crippen LogP contribution in [0.4, 0.5) is 0 Å². The van der Waals surface area contributed by atoms with Gasteiger partial charge in [0.25, 0.3) is 0 Å². The number of thioether (sulfide) groups is 1. The molecule has 2 nitrogen and oxygen atoms in total. The number of halogens is 1. The summed E-state index contributed by atoms with van der Waals surface area (Å²) in [4.78, 5) is 12.1. The van der Waals surface area contributed by atoms with Crippen LogP contribution in [-0.4, -0.2) is 26.9 Å². The van der Waals surface area contributed by atoms with Gasteiger partial charge in [-0.15, -0.1) is 11.6 Å². The van der Waals surface area contributed by atoms with E-state index < -0.39 is 0 Å². The van der Waals surface area contributed by atoms with E-state index >= 15 is 0 Å². The van der Waals surface area contributed by atoms with Crippen LogP contribution in [0, 0.1) is 0 Å². The molecule has 0 aromatic carbocycles. The predicted octanol–water partition coefficient (Wildman–Crippen LogP) is 1.04. The fraction of sp³-hybridized carbons (Fsp3) is 0.500. The van der Waals surface area contributed by atoms with Crippen molar-refractivity contribution in [3.8, 4) is 0 Å². The second kappa shape index (κ2) is 2.86. The van der Waals surface area contributed by atoms with E-state index in [-0.39, 0.29) is 11.9 Å². The normalized spacial score (nSPS) is 19.4. The van der Waals surface area contributed by atoms with Gasteiger partial charge in [0.1, 0.15) is 10.3 Å². The Morgan fingerprint density at radius 1 is 1.89 bits per heavy atom. The van der Waals surface area contributed by atoms with Gasteiger partial charge in [0.2, 0.25) is 5.91 Å². The van der Waals surface area contributed by atoms with Crippen molar-refractivity contribution < 1.29 is 4.79 Å². The summed E-state index contributed by atoms with van der Waals surface area (Å²) in [5, 5.41) is 0. The second-order valence-corrected chi connectivity index (χ2v) is 3.34. The van der Waals surface area contributed by atoms with E-state index in [9.17, 15) is 4.79 Å². The molecular weight excluding hydrogens is 178 g/mol. The van der Waals surface area contributed by atoms with E-state index in [1.165, 1.54) is 16.7 Å². The number of hydrogen-bond donors (Lipinski definition) is 0. The summed E-state index contributed by atoms with van der Waals surface area (Å²) < 4.78 is 0.593. The minimum Gasteiger partial charge on any atom is -0.283 e. The van der Waals surface area contributed by atoms with Crippen LogP contribution in [0.5, 0.6) is 0 Å². The monoisotopic (exact) mass is 181 g/mol. The number of nitrogens with zero attached hydrogens (tertiary/aromatic N) is 1. The number of hydrogen-bond acceptors (Lipinski definition) is 3. The van der Waals surface area contributed by atoms with Crippen molar-refractivity contribution in [1.82, 2.24) is 4.90 Å². The van der Waals surface area contributed by atoms with Crippen LogP contribution in [0.2, 0.25) is 0 Å². The van der Waals surface area contributed by atoms with Crippen molar-refractivity contribution in [3.05, 3.63) is 0 Å². The van der Waals surface area contributed by atoms with Crippen molar-refractivity contribution in [3.63, 3.8) is 0 Å². The summed E-state index contributed by atoms with van der Waals surface area (Å²) in [5.41, 5.74) is 0. The summed E-state index contributed by atoms with van der Waals surface area (Å²) in [6.07, 6.45) is 0. The molecule has 0 spiro atoms. The summed E-state index contributed by atoms with van der Waals surface area (Å²) in [6, 6.07) is 0.185. The van der Waals surface area contributed by atoms with E-state index in [0.717, 1.165) is 0 Å². The van der Waals surface area contributed by atoms with Gasteiger partial charge in [-0.1, -0.05) is 24.0 Å². The van der Waals surface area contributed by atoms with Crippen LogP contribution in [0.15, 0.2) is 0 Å². The van der Waals surface area contributed by atoms with Gasteiger partial charge in [0.15, 0.2) is 0 Å². The summed E-state index contributed by atoms with van der Waals surface area (Å²) >= 11 is 11.6. The van der Waals surface area contributed by atoms with Gasteiger partial charge in [0.05, 0.1) is 5.75 Å². The standard InChI is InChI=1S/C4H4ClNOS2/c5-2-6-3(7)1-9-4(6)8/h1-2H2. The average Bonchev–Trinajstić information content (AvgIpc) is 2.12. The zero-order valence-electron chi connectivity index (χ0n) is 4.46. The molecule has 1 fully saturated rings. The van der Waals surface area contributed by atoms with Gasteiger partial charge in [-0.2, -0.15) is 0 Å². The minimum atomic E-state index is 0.0139. The Hall–Kier alpha value is 0.200. The van der Waals surface area contributed by atoms with E-state index in [0.29, 0.717) is 10.1 Å². The number of carbonyl (C=O) groups is 1. The van der Waals surface area contributed by atoms with Crippen LogP contribution in [0.25, 0.3) is 0 Å². The smallest absolute Gasteiger partial charge is 0.239 e. The van der Waals surface area contributed by atoms with Gasteiger partial charge >= 0.3 is 0 Å². The zero-order valence-corrected chi connectivity index (χ0v) is 6.85. The molecule has 5 heteroatoms. The van der Waals surface area contributed by atoms with Crippen LogP contribution >= 0.6 is 35.6 Å². The van der Waals surface area contributed by atoms with Crippen LogP contribution in [0.3, 0.4) is 0 Å². The SMILES string of the molecule is O=C1CSC(=S)N1CCl. The molecule has 1 amide bonds. The molecule has 50 valence electrons. The Morgan fingerprint density at radius 2 is 2.56 bits per heavy atom. The highest BCUT2D eigenvalue weighted by atomic mass is 35.5. The number of amides is 1. The third-order valence-corrected chi connectivity index (χ3v) is 2.63. The highest BCUT2D eigenvalue weighted by molar-refractivity contribution is 8.23. The van der Waals surface area contributed by atoms with Crippen molar-refractivity contribution in [1.29, 1.82) is 0 Å². The van der Waals surface area contributed by atoms with Gasteiger partial charge in [0, 0.05) is 0 Å². The summed E-state index contributed by atoms with van der Waals surface area (Å²) in [7, 11) is 0. The average molecular weight is 182 g/mol. The maximum Gasteiger partial charge on any atom is 0.239 e. The van der Waals surface area contributed by atoms with E-state index in [4.69, 9.17) is 23.8 Å². The summed E-state index contributed by atoms with van der Waals surface area (Å²) in [5.74, 6) is 0.464. The number of alkyl halides is 1. The Labute approximate surface area is 67.5 Å². The molecule has 0 aromatic heterocycles. The van der Waals surface area contributed by atoms with E-state index in [1.54, 1.807) is 0 Å². The quantitative estimate of drug-likeness (QED) is 0.343. The molecule has 0 radical (unpaired) electrons. The van der Waals surface area contributed by atoms with Gasteiger partial charge in [-0.05, 0) is 0 Å². The van der Waals surface area contributed by atoms with Crippen molar-refractivity contribution >= 4 is 45.8 Å². The Balaban J connectivity index is 2.66. The maximum absolute atomic E-state index is 10.7. The molecule has 0 atom stereocenters. The molecule has 1 aliphatic heterocycles. The van der Waals surface area contributed by atoms with E-state index in [1.807, 2.05) is 0 Å².